The van der Waals surface area contributed by atoms with E-state index in [0.717, 1.165) is 6.42 Å². The molecule has 42 heavy (non-hydrogen) atoms. The summed E-state index contributed by atoms with van der Waals surface area (Å²) < 4.78 is 2.44. The molecule has 2 heterocycles. The fraction of sp³-hybridized carbons (Fsp3) is 0.150. The van der Waals surface area contributed by atoms with Gasteiger partial charge < -0.3 is 9.47 Å². The Balaban J connectivity index is 1.23. The molecule has 0 saturated heterocycles. The largest absolute Gasteiger partial charge is 0.333 e. The van der Waals surface area contributed by atoms with Crippen molar-refractivity contribution in [3.05, 3.63) is 156 Å². The quantitative estimate of drug-likeness (QED) is 0.203. The van der Waals surface area contributed by atoms with E-state index in [1.54, 1.807) is 0 Å². The van der Waals surface area contributed by atoms with Crippen LogP contribution in [0.1, 0.15) is 48.1 Å². The van der Waals surface area contributed by atoms with E-state index in [1.165, 1.54) is 74.3 Å². The number of nitrogens with zero attached hydrogens (tertiary/aromatic N) is 2. The smallest absolute Gasteiger partial charge is 0.0637 e. The minimum atomic E-state index is 0.216. The van der Waals surface area contributed by atoms with Crippen LogP contribution in [-0.2, 0) is 6.42 Å². The lowest BCUT2D eigenvalue weighted by Gasteiger charge is -2.31. The molecule has 8 rings (SSSR count). The van der Waals surface area contributed by atoms with Crippen molar-refractivity contribution < 1.29 is 0 Å². The van der Waals surface area contributed by atoms with E-state index in [1.807, 2.05) is 0 Å². The number of hydrogen-bond acceptors (Lipinski definition) is 1. The molecule has 204 valence electrons. The van der Waals surface area contributed by atoms with Gasteiger partial charge in [0.2, 0.25) is 0 Å². The molecule has 1 aliphatic heterocycles. The van der Waals surface area contributed by atoms with E-state index in [2.05, 4.69) is 156 Å². The Morgan fingerprint density at radius 3 is 2.31 bits per heavy atom. The average Bonchev–Trinajstić information content (AvgIpc) is 3.57. The first-order valence-electron chi connectivity index (χ1n) is 15.3. The molecule has 5 aromatic carbocycles. The number of rotatable bonds is 6. The fourth-order valence-corrected chi connectivity index (χ4v) is 7.22. The van der Waals surface area contributed by atoms with E-state index in [0.29, 0.717) is 0 Å². The summed E-state index contributed by atoms with van der Waals surface area (Å²) in [6.45, 7) is 2.26. The lowest BCUT2D eigenvalue weighted by atomic mass is 9.82. The maximum Gasteiger partial charge on any atom is 0.0637 e. The Hall–Kier alpha value is -4.82. The van der Waals surface area contributed by atoms with Gasteiger partial charge in [-0.05, 0) is 83.1 Å². The number of para-hydroxylation sites is 3. The highest BCUT2D eigenvalue weighted by molar-refractivity contribution is 5.94. The summed E-state index contributed by atoms with van der Waals surface area (Å²) in [7, 11) is 0. The number of aromatic nitrogens is 1. The summed E-state index contributed by atoms with van der Waals surface area (Å²) >= 11 is 0. The van der Waals surface area contributed by atoms with E-state index in [4.69, 9.17) is 0 Å². The standard InChI is InChI=1S/C40H34N2/c1-2-3-12-28-13-11-14-30(27-28)29-21-23-32(24-22-29)42-36-20-10-8-18-34(36)40-38(42)26-25-37-39(40)33-17-7-9-19-35(33)41(37)31-15-5-4-6-16-31/h4-11,13-27,38,40H,2-3,12H2,1H3. The zero-order chi connectivity index (χ0) is 28.0. The third kappa shape index (κ3) is 3.94. The monoisotopic (exact) mass is 542 g/mol. The number of aryl methyl sites for hydroxylation is 1. The Labute approximate surface area is 248 Å². The van der Waals surface area contributed by atoms with Crippen molar-refractivity contribution >= 4 is 28.4 Å². The molecule has 1 aromatic heterocycles. The van der Waals surface area contributed by atoms with Crippen LogP contribution in [0.5, 0.6) is 0 Å². The summed E-state index contributed by atoms with van der Waals surface area (Å²) in [5, 5.41) is 1.34. The third-order valence-electron chi connectivity index (χ3n) is 9.12. The van der Waals surface area contributed by atoms with Crippen molar-refractivity contribution in [3.8, 4) is 16.8 Å². The van der Waals surface area contributed by atoms with Crippen LogP contribution in [0.25, 0.3) is 33.8 Å². The molecule has 2 nitrogen and oxygen atoms in total. The summed E-state index contributed by atoms with van der Waals surface area (Å²) in [6, 6.07) is 47.2. The van der Waals surface area contributed by atoms with Gasteiger partial charge in [-0.3, -0.25) is 0 Å². The van der Waals surface area contributed by atoms with Gasteiger partial charge in [0.25, 0.3) is 0 Å². The Morgan fingerprint density at radius 2 is 1.45 bits per heavy atom. The highest BCUT2D eigenvalue weighted by Gasteiger charge is 2.43. The molecule has 0 fully saturated rings. The molecule has 0 bridgehead atoms. The lowest BCUT2D eigenvalue weighted by molar-refractivity contribution is 0.725. The molecular weight excluding hydrogens is 508 g/mol. The van der Waals surface area contributed by atoms with Crippen LogP contribution in [0.4, 0.5) is 11.4 Å². The van der Waals surface area contributed by atoms with Gasteiger partial charge in [-0.15, -0.1) is 0 Å². The Kier molecular flexibility index (Phi) is 6.07. The summed E-state index contributed by atoms with van der Waals surface area (Å²) in [6.07, 6.45) is 8.39. The maximum absolute atomic E-state index is 2.55. The molecule has 0 radical (unpaired) electrons. The second kappa shape index (κ2) is 10.2. The van der Waals surface area contributed by atoms with Gasteiger partial charge in [-0.1, -0.05) is 110 Å². The molecule has 1 aliphatic carbocycles. The number of unbranched alkanes of at least 4 members (excludes halogenated alkanes) is 1. The number of fused-ring (bicyclic) bond motifs is 7. The Bertz CT molecular complexity index is 1930. The predicted molar refractivity (Wildman–Crippen MR) is 177 cm³/mol. The summed E-state index contributed by atoms with van der Waals surface area (Å²) in [5.41, 5.74) is 13.1. The van der Waals surface area contributed by atoms with E-state index < -0.39 is 0 Å². The minimum absolute atomic E-state index is 0.216. The van der Waals surface area contributed by atoms with Crippen molar-refractivity contribution in [2.75, 3.05) is 4.90 Å². The van der Waals surface area contributed by atoms with Gasteiger partial charge in [0.1, 0.15) is 0 Å². The lowest BCUT2D eigenvalue weighted by Crippen LogP contribution is -2.30. The van der Waals surface area contributed by atoms with Crippen molar-refractivity contribution in [2.24, 2.45) is 0 Å². The van der Waals surface area contributed by atoms with E-state index >= 15 is 0 Å². The van der Waals surface area contributed by atoms with Crippen molar-refractivity contribution in [1.29, 1.82) is 0 Å². The summed E-state index contributed by atoms with van der Waals surface area (Å²) in [5.74, 6) is 0.256. The van der Waals surface area contributed by atoms with Gasteiger partial charge in [-0.2, -0.15) is 0 Å². The third-order valence-corrected chi connectivity index (χ3v) is 9.12. The number of benzene rings is 5. The van der Waals surface area contributed by atoms with Gasteiger partial charge in [-0.25, -0.2) is 0 Å². The predicted octanol–water partition coefficient (Wildman–Crippen LogP) is 10.3. The van der Waals surface area contributed by atoms with Crippen LogP contribution in [-0.4, -0.2) is 10.6 Å². The first-order valence-corrected chi connectivity index (χ1v) is 15.3. The van der Waals surface area contributed by atoms with Crippen LogP contribution >= 0.6 is 0 Å². The molecule has 2 heteroatoms. The van der Waals surface area contributed by atoms with Crippen LogP contribution < -0.4 is 4.90 Å². The number of anilines is 2. The molecule has 0 saturated carbocycles. The summed E-state index contributed by atoms with van der Waals surface area (Å²) in [4.78, 5) is 2.55. The second-order valence-corrected chi connectivity index (χ2v) is 11.6. The molecule has 0 spiro atoms. The van der Waals surface area contributed by atoms with Crippen molar-refractivity contribution in [3.63, 3.8) is 0 Å². The molecule has 2 atom stereocenters. The zero-order valence-electron chi connectivity index (χ0n) is 23.9. The van der Waals surface area contributed by atoms with Crippen LogP contribution in [0.3, 0.4) is 0 Å². The van der Waals surface area contributed by atoms with Crippen LogP contribution in [0.2, 0.25) is 0 Å². The SMILES string of the molecule is CCCCc1cccc(-c2ccc(N3c4ccccc4C4c5c(n(-c6ccccc6)c6ccccc56)C=CC43)cc2)c1. The maximum atomic E-state index is 2.55. The molecular formula is C40H34N2. The fourth-order valence-electron chi connectivity index (χ4n) is 7.22. The van der Waals surface area contributed by atoms with Gasteiger partial charge in [0.05, 0.1) is 17.3 Å². The molecule has 0 N–H and O–H groups in total. The molecule has 2 unspecified atom stereocenters. The topological polar surface area (TPSA) is 8.17 Å². The van der Waals surface area contributed by atoms with Gasteiger partial charge >= 0.3 is 0 Å². The normalized spacial score (nSPS) is 16.8. The van der Waals surface area contributed by atoms with Gasteiger partial charge in [0.15, 0.2) is 0 Å². The van der Waals surface area contributed by atoms with Gasteiger partial charge in [0, 0.05) is 28.4 Å². The van der Waals surface area contributed by atoms with E-state index in [-0.39, 0.29) is 12.0 Å². The Morgan fingerprint density at radius 1 is 0.667 bits per heavy atom. The average molecular weight is 543 g/mol. The first-order chi connectivity index (χ1) is 20.8. The zero-order valence-corrected chi connectivity index (χ0v) is 23.9. The first kappa shape index (κ1) is 24.9. The van der Waals surface area contributed by atoms with Crippen LogP contribution in [0, 0.1) is 0 Å². The molecule has 2 aliphatic rings. The van der Waals surface area contributed by atoms with Crippen molar-refractivity contribution in [2.45, 2.75) is 38.1 Å². The second-order valence-electron chi connectivity index (χ2n) is 11.6. The van der Waals surface area contributed by atoms with E-state index in [9.17, 15) is 0 Å². The van der Waals surface area contributed by atoms with Crippen LogP contribution in [0.15, 0.2) is 133 Å². The minimum Gasteiger partial charge on any atom is -0.333 e. The highest BCUT2D eigenvalue weighted by atomic mass is 15.2. The molecule has 6 aromatic rings. The van der Waals surface area contributed by atoms with Crippen molar-refractivity contribution in [1.82, 2.24) is 4.57 Å². The highest BCUT2D eigenvalue weighted by Crippen LogP contribution is 2.53. The number of hydrogen-bond donors (Lipinski definition) is 0. The molecule has 0 amide bonds.